The first-order valence-electron chi connectivity index (χ1n) is 5.57. The highest BCUT2D eigenvalue weighted by molar-refractivity contribution is 5.90. The fraction of sp³-hybridized carbons (Fsp3) is 0.636. The molecular formula is C11H21N3O2. The van der Waals surface area contributed by atoms with Crippen LogP contribution in [0.2, 0.25) is 0 Å². The Morgan fingerprint density at radius 1 is 1.62 bits per heavy atom. The Bertz CT molecular complexity index is 264. The van der Waals surface area contributed by atoms with Crippen molar-refractivity contribution in [2.75, 3.05) is 13.6 Å². The van der Waals surface area contributed by atoms with Crippen molar-refractivity contribution in [1.29, 1.82) is 0 Å². The fourth-order valence-electron chi connectivity index (χ4n) is 1.46. The molecule has 1 rings (SSSR count). The molecule has 1 unspecified atom stereocenters. The van der Waals surface area contributed by atoms with Gasteiger partial charge < -0.3 is 16.0 Å². The lowest BCUT2D eigenvalue weighted by Crippen LogP contribution is -2.42. The smallest absolute Gasteiger partial charge is 0.243 e. The van der Waals surface area contributed by atoms with Crippen molar-refractivity contribution in [3.8, 4) is 0 Å². The molecule has 1 heterocycles. The van der Waals surface area contributed by atoms with Crippen molar-refractivity contribution in [3.63, 3.8) is 0 Å². The number of nitrogens with zero attached hydrogens (tertiary/aromatic N) is 1. The van der Waals surface area contributed by atoms with E-state index >= 15 is 0 Å². The van der Waals surface area contributed by atoms with Gasteiger partial charge in [0.25, 0.3) is 0 Å². The molecule has 16 heavy (non-hydrogen) atoms. The molecule has 1 atom stereocenters. The quantitative estimate of drug-likeness (QED) is 0.724. The molecular weight excluding hydrogens is 206 g/mol. The highest BCUT2D eigenvalue weighted by Gasteiger charge is 2.32. The molecule has 0 aromatic heterocycles. The number of carbonyl (C=O) groups is 2. The topological polar surface area (TPSA) is 75.4 Å². The van der Waals surface area contributed by atoms with Crippen LogP contribution in [0.4, 0.5) is 0 Å². The van der Waals surface area contributed by atoms with Crippen LogP contribution < -0.4 is 11.1 Å². The molecule has 0 spiro atoms. The number of nitrogens with two attached hydrogens (primary N) is 1. The molecule has 5 nitrogen and oxygen atoms in total. The molecule has 1 aliphatic rings. The summed E-state index contributed by atoms with van der Waals surface area (Å²) in [7, 11) is 1.65. The van der Waals surface area contributed by atoms with Crippen molar-refractivity contribution in [3.05, 3.63) is 12.3 Å². The summed E-state index contributed by atoms with van der Waals surface area (Å²) in [6, 6.07) is -0.311. The van der Waals surface area contributed by atoms with Gasteiger partial charge in [-0.1, -0.05) is 13.8 Å². The van der Waals surface area contributed by atoms with E-state index in [1.165, 1.54) is 11.1 Å². The second-order valence-corrected chi connectivity index (χ2v) is 3.23. The van der Waals surface area contributed by atoms with E-state index in [9.17, 15) is 9.59 Å². The molecule has 0 aromatic rings. The molecule has 5 heteroatoms. The largest absolute Gasteiger partial charge is 0.405 e. The van der Waals surface area contributed by atoms with Gasteiger partial charge in [-0.2, -0.15) is 0 Å². The summed E-state index contributed by atoms with van der Waals surface area (Å²) in [5.41, 5.74) is 5.12. The monoisotopic (exact) mass is 227 g/mol. The van der Waals surface area contributed by atoms with Gasteiger partial charge in [0, 0.05) is 20.0 Å². The molecule has 1 fully saturated rings. The Morgan fingerprint density at radius 2 is 2.25 bits per heavy atom. The molecule has 0 aromatic carbocycles. The Morgan fingerprint density at radius 3 is 2.69 bits per heavy atom. The summed E-state index contributed by atoms with van der Waals surface area (Å²) >= 11 is 0. The number of likely N-dealkylation sites (N-methyl/N-ethyl adjacent to an activating group) is 1. The van der Waals surface area contributed by atoms with Gasteiger partial charge >= 0.3 is 0 Å². The lowest BCUT2D eigenvalue weighted by atomic mass is 10.2. The molecule has 0 bridgehead atoms. The predicted molar refractivity (Wildman–Crippen MR) is 63.5 cm³/mol. The van der Waals surface area contributed by atoms with Crippen LogP contribution in [0.25, 0.3) is 0 Å². The van der Waals surface area contributed by atoms with Crippen LogP contribution in [-0.4, -0.2) is 36.3 Å². The van der Waals surface area contributed by atoms with Crippen LogP contribution in [0.1, 0.15) is 26.7 Å². The van der Waals surface area contributed by atoms with Crippen LogP contribution in [0.3, 0.4) is 0 Å². The zero-order chi connectivity index (χ0) is 12.6. The summed E-state index contributed by atoms with van der Waals surface area (Å²) in [6.07, 6.45) is 4.09. The van der Waals surface area contributed by atoms with Gasteiger partial charge in [-0.15, -0.1) is 0 Å². The zero-order valence-electron chi connectivity index (χ0n) is 10.2. The number of carbonyl (C=O) groups excluding carboxylic acids is 2. The zero-order valence-corrected chi connectivity index (χ0v) is 10.2. The Balaban J connectivity index is 0.00000106. The first-order valence-corrected chi connectivity index (χ1v) is 5.57. The van der Waals surface area contributed by atoms with E-state index in [-0.39, 0.29) is 17.9 Å². The van der Waals surface area contributed by atoms with E-state index in [2.05, 4.69) is 5.32 Å². The van der Waals surface area contributed by atoms with Crippen LogP contribution in [0, 0.1) is 0 Å². The van der Waals surface area contributed by atoms with Crippen LogP contribution >= 0.6 is 0 Å². The van der Waals surface area contributed by atoms with Crippen molar-refractivity contribution < 1.29 is 9.59 Å². The second kappa shape index (κ2) is 7.73. The summed E-state index contributed by atoms with van der Waals surface area (Å²) < 4.78 is 0. The van der Waals surface area contributed by atoms with Crippen molar-refractivity contribution in [2.45, 2.75) is 32.7 Å². The molecule has 2 amide bonds. The Hall–Kier alpha value is -1.52. The molecule has 0 radical (unpaired) electrons. The number of rotatable bonds is 3. The van der Waals surface area contributed by atoms with Gasteiger partial charge in [0.2, 0.25) is 11.8 Å². The van der Waals surface area contributed by atoms with Gasteiger partial charge in [0.05, 0.1) is 0 Å². The average molecular weight is 227 g/mol. The summed E-state index contributed by atoms with van der Waals surface area (Å²) in [4.78, 5) is 24.1. The Kier molecular flexibility index (Phi) is 7.00. The fourth-order valence-corrected chi connectivity index (χ4v) is 1.46. The van der Waals surface area contributed by atoms with Crippen LogP contribution in [0.15, 0.2) is 12.3 Å². The molecule has 1 aliphatic heterocycles. The number of hydrogen-bond donors (Lipinski definition) is 2. The number of likely N-dealkylation sites (tertiary alicyclic amines) is 1. The lowest BCUT2D eigenvalue weighted by molar-refractivity contribution is -0.133. The van der Waals surface area contributed by atoms with Crippen LogP contribution in [-0.2, 0) is 9.59 Å². The third-order valence-electron chi connectivity index (χ3n) is 2.33. The van der Waals surface area contributed by atoms with Crippen molar-refractivity contribution >= 4 is 11.8 Å². The minimum absolute atomic E-state index is 0.0273. The molecule has 0 saturated carbocycles. The minimum atomic E-state index is -0.311. The number of nitrogens with one attached hydrogen (secondary N) is 1. The van der Waals surface area contributed by atoms with Crippen molar-refractivity contribution in [2.24, 2.45) is 5.73 Å². The van der Waals surface area contributed by atoms with Gasteiger partial charge in [0.15, 0.2) is 0 Å². The normalized spacial score (nSPS) is 19.6. The first-order chi connectivity index (χ1) is 7.66. The van der Waals surface area contributed by atoms with E-state index in [0.29, 0.717) is 19.4 Å². The Labute approximate surface area is 96.7 Å². The molecule has 92 valence electrons. The van der Waals surface area contributed by atoms with Crippen LogP contribution in [0.5, 0.6) is 0 Å². The van der Waals surface area contributed by atoms with Gasteiger partial charge in [-0.25, -0.2) is 0 Å². The highest BCUT2D eigenvalue weighted by atomic mass is 16.2. The molecule has 3 N–H and O–H groups in total. The standard InChI is InChI=1S/C9H15N3O2.C2H6/c1-12-7(3-4-8(12)13)9(14)11-6-2-5-10;1-2/h2,5,7H,3-4,6,10H2,1H3,(H,11,14);1-2H3/b5-2+;. The minimum Gasteiger partial charge on any atom is -0.405 e. The van der Waals surface area contributed by atoms with Gasteiger partial charge in [-0.3, -0.25) is 9.59 Å². The third kappa shape index (κ3) is 3.92. The summed E-state index contributed by atoms with van der Waals surface area (Å²) in [5, 5.41) is 2.68. The van der Waals surface area contributed by atoms with Gasteiger partial charge in [-0.05, 0) is 18.7 Å². The number of hydrogen-bond acceptors (Lipinski definition) is 3. The van der Waals surface area contributed by atoms with E-state index in [1.807, 2.05) is 13.8 Å². The van der Waals surface area contributed by atoms with Gasteiger partial charge in [0.1, 0.15) is 6.04 Å². The van der Waals surface area contributed by atoms with E-state index in [4.69, 9.17) is 5.73 Å². The van der Waals surface area contributed by atoms with E-state index < -0.39 is 0 Å². The average Bonchev–Trinajstić information content (AvgIpc) is 2.63. The SMILES string of the molecule is CC.CN1C(=O)CCC1C(=O)NC/C=C/N. The molecule has 0 aliphatic carbocycles. The summed E-state index contributed by atoms with van der Waals surface area (Å²) in [6.45, 7) is 4.41. The highest BCUT2D eigenvalue weighted by Crippen LogP contribution is 2.15. The lowest BCUT2D eigenvalue weighted by Gasteiger charge is -2.18. The summed E-state index contributed by atoms with van der Waals surface area (Å²) in [5.74, 6) is -0.0871. The third-order valence-corrected chi connectivity index (χ3v) is 2.33. The maximum Gasteiger partial charge on any atom is 0.243 e. The predicted octanol–water partition coefficient (Wildman–Crippen LogP) is 0.222. The second-order valence-electron chi connectivity index (χ2n) is 3.23. The van der Waals surface area contributed by atoms with Crippen molar-refractivity contribution in [1.82, 2.24) is 10.2 Å². The number of amides is 2. The molecule has 1 saturated heterocycles. The first kappa shape index (κ1) is 14.5. The maximum absolute atomic E-state index is 11.5. The van der Waals surface area contributed by atoms with E-state index in [1.54, 1.807) is 13.1 Å². The maximum atomic E-state index is 11.5. The van der Waals surface area contributed by atoms with E-state index in [0.717, 1.165) is 0 Å².